The lowest BCUT2D eigenvalue weighted by Crippen LogP contribution is -2.39. The summed E-state index contributed by atoms with van der Waals surface area (Å²) < 4.78 is 5.29. The summed E-state index contributed by atoms with van der Waals surface area (Å²) >= 11 is 0. The molecule has 1 aromatic heterocycles. The predicted octanol–water partition coefficient (Wildman–Crippen LogP) is 2.07. The Hall–Kier alpha value is -2.38. The molecule has 3 heterocycles. The number of H-pyrrole nitrogens is 1. The molecule has 156 valence electrons. The molecule has 2 aliphatic rings. The summed E-state index contributed by atoms with van der Waals surface area (Å²) in [4.78, 5) is 25.0. The van der Waals surface area contributed by atoms with Crippen LogP contribution in [0.1, 0.15) is 42.1 Å². The maximum absolute atomic E-state index is 12.6. The normalized spacial score (nSPS) is 19.8. The average Bonchev–Trinajstić information content (AvgIpc) is 2.73. The second-order valence-corrected chi connectivity index (χ2v) is 8.27. The van der Waals surface area contributed by atoms with E-state index < -0.39 is 0 Å². The number of methoxy groups -OCH3 is 1. The maximum Gasteiger partial charge on any atom is 0.255 e. The predicted molar refractivity (Wildman–Crippen MR) is 112 cm³/mol. The van der Waals surface area contributed by atoms with Gasteiger partial charge < -0.3 is 14.7 Å². The van der Waals surface area contributed by atoms with Crippen LogP contribution in [-0.2, 0) is 26.1 Å². The number of nitrogens with zero attached hydrogens (tertiary/aromatic N) is 3. The number of aliphatic hydroxyl groups is 1. The molecule has 0 radical (unpaired) electrons. The Kier molecular flexibility index (Phi) is 5.87. The van der Waals surface area contributed by atoms with E-state index in [0.29, 0.717) is 30.6 Å². The Labute approximate surface area is 171 Å². The van der Waals surface area contributed by atoms with Crippen LogP contribution in [0.15, 0.2) is 23.0 Å². The number of fused-ring (bicyclic) bond motifs is 1. The van der Waals surface area contributed by atoms with Gasteiger partial charge in [0.1, 0.15) is 5.75 Å². The summed E-state index contributed by atoms with van der Waals surface area (Å²) in [6.45, 7) is 6.33. The summed E-state index contributed by atoms with van der Waals surface area (Å²) in [6, 6.07) is 5.91. The van der Waals surface area contributed by atoms with Gasteiger partial charge in [-0.25, -0.2) is 4.98 Å². The van der Waals surface area contributed by atoms with Crippen LogP contribution in [0.4, 0.5) is 5.95 Å². The third kappa shape index (κ3) is 4.31. The third-order valence-electron chi connectivity index (χ3n) is 6.02. The molecule has 0 aliphatic carbocycles. The molecule has 0 bridgehead atoms. The van der Waals surface area contributed by atoms with Crippen molar-refractivity contribution >= 4 is 5.95 Å². The van der Waals surface area contributed by atoms with Crippen molar-refractivity contribution in [2.24, 2.45) is 5.92 Å². The van der Waals surface area contributed by atoms with Crippen LogP contribution in [0.25, 0.3) is 0 Å². The number of hydrogen-bond acceptors (Lipinski definition) is 6. The van der Waals surface area contributed by atoms with E-state index >= 15 is 0 Å². The van der Waals surface area contributed by atoms with Crippen LogP contribution >= 0.6 is 0 Å². The number of rotatable bonds is 5. The van der Waals surface area contributed by atoms with Crippen LogP contribution < -0.4 is 15.2 Å². The second kappa shape index (κ2) is 8.55. The summed E-state index contributed by atoms with van der Waals surface area (Å²) in [5.74, 6) is 2.04. The monoisotopic (exact) mass is 398 g/mol. The Morgan fingerprint density at radius 2 is 2.21 bits per heavy atom. The largest absolute Gasteiger partial charge is 0.496 e. The average molecular weight is 399 g/mol. The van der Waals surface area contributed by atoms with Crippen LogP contribution in [0.3, 0.4) is 0 Å². The van der Waals surface area contributed by atoms with Crippen molar-refractivity contribution < 1.29 is 9.84 Å². The van der Waals surface area contributed by atoms with Gasteiger partial charge in [0.25, 0.3) is 5.56 Å². The molecule has 0 saturated carbocycles. The first-order valence-corrected chi connectivity index (χ1v) is 10.4. The first-order valence-electron chi connectivity index (χ1n) is 10.4. The van der Waals surface area contributed by atoms with Crippen molar-refractivity contribution in [3.63, 3.8) is 0 Å². The van der Waals surface area contributed by atoms with Crippen molar-refractivity contribution in [2.45, 2.75) is 45.9 Å². The quantitative estimate of drug-likeness (QED) is 0.802. The highest BCUT2D eigenvalue weighted by Crippen LogP contribution is 2.24. The van der Waals surface area contributed by atoms with Gasteiger partial charge in [-0.1, -0.05) is 13.0 Å². The van der Waals surface area contributed by atoms with Gasteiger partial charge in [0.2, 0.25) is 5.95 Å². The maximum atomic E-state index is 12.6. The number of aromatic amines is 1. The van der Waals surface area contributed by atoms with E-state index in [4.69, 9.17) is 9.72 Å². The van der Waals surface area contributed by atoms with E-state index in [1.165, 1.54) is 6.42 Å². The lowest BCUT2D eigenvalue weighted by Gasteiger charge is -2.33. The molecule has 1 saturated heterocycles. The molecule has 0 spiro atoms. The zero-order valence-corrected chi connectivity index (χ0v) is 17.3. The molecule has 1 aromatic carbocycles. The molecule has 0 amide bonds. The number of benzene rings is 1. The van der Waals surface area contributed by atoms with Gasteiger partial charge in [0, 0.05) is 43.9 Å². The molecule has 0 unspecified atom stereocenters. The van der Waals surface area contributed by atoms with Crippen LogP contribution in [-0.4, -0.2) is 46.7 Å². The zero-order valence-electron chi connectivity index (χ0n) is 17.3. The molecule has 7 nitrogen and oxygen atoms in total. The van der Waals surface area contributed by atoms with Crippen molar-refractivity contribution in [3.8, 4) is 5.75 Å². The molecule has 2 aliphatic heterocycles. The highest BCUT2D eigenvalue weighted by molar-refractivity contribution is 5.37. The summed E-state index contributed by atoms with van der Waals surface area (Å²) in [7, 11) is 1.61. The molecule has 1 atom stereocenters. The van der Waals surface area contributed by atoms with E-state index in [1.54, 1.807) is 7.11 Å². The summed E-state index contributed by atoms with van der Waals surface area (Å²) in [5.41, 5.74) is 3.63. The standard InChI is InChI=1S/C22H30N4O3/c1-15-4-3-8-26(11-15)22-23-19-13-25(9-7-18(19)21(28)24-22)12-16-5-6-20(29-2)17(10-16)14-27/h5-6,10,15,27H,3-4,7-9,11-14H2,1-2H3,(H,23,24,28)/t15-/m0/s1. The fourth-order valence-electron chi connectivity index (χ4n) is 4.46. The van der Waals surface area contributed by atoms with Crippen LogP contribution in [0, 0.1) is 5.92 Å². The fourth-order valence-corrected chi connectivity index (χ4v) is 4.46. The zero-order chi connectivity index (χ0) is 20.4. The van der Waals surface area contributed by atoms with E-state index in [0.717, 1.165) is 55.0 Å². The fraction of sp³-hybridized carbons (Fsp3) is 0.545. The molecule has 7 heteroatoms. The van der Waals surface area contributed by atoms with Gasteiger partial charge in [-0.3, -0.25) is 14.7 Å². The van der Waals surface area contributed by atoms with Gasteiger partial charge in [-0.15, -0.1) is 0 Å². The van der Waals surface area contributed by atoms with E-state index in [2.05, 4.69) is 21.7 Å². The Balaban J connectivity index is 1.52. The first kappa shape index (κ1) is 19.9. The highest BCUT2D eigenvalue weighted by atomic mass is 16.5. The van der Waals surface area contributed by atoms with E-state index in [1.807, 2.05) is 18.2 Å². The van der Waals surface area contributed by atoms with Crippen molar-refractivity contribution in [2.75, 3.05) is 31.6 Å². The minimum absolute atomic E-state index is 0.00916. The van der Waals surface area contributed by atoms with Gasteiger partial charge in [-0.2, -0.15) is 0 Å². The lowest BCUT2D eigenvalue weighted by atomic mass is 10.0. The topological polar surface area (TPSA) is 81.7 Å². The van der Waals surface area contributed by atoms with E-state index in [9.17, 15) is 9.90 Å². The number of ether oxygens (including phenoxy) is 1. The number of aliphatic hydroxyl groups excluding tert-OH is 1. The Morgan fingerprint density at radius 1 is 1.34 bits per heavy atom. The second-order valence-electron chi connectivity index (χ2n) is 8.27. The van der Waals surface area contributed by atoms with Crippen molar-refractivity contribution in [1.29, 1.82) is 0 Å². The summed E-state index contributed by atoms with van der Waals surface area (Å²) in [6.07, 6.45) is 3.08. The number of aromatic nitrogens is 2. The van der Waals surface area contributed by atoms with Crippen LogP contribution in [0.5, 0.6) is 5.75 Å². The summed E-state index contributed by atoms with van der Waals surface area (Å²) in [5, 5.41) is 9.57. The Morgan fingerprint density at radius 3 is 2.97 bits per heavy atom. The molecule has 1 fully saturated rings. The van der Waals surface area contributed by atoms with E-state index in [-0.39, 0.29) is 12.2 Å². The molecule has 29 heavy (non-hydrogen) atoms. The minimum atomic E-state index is -0.0472. The van der Waals surface area contributed by atoms with Gasteiger partial charge in [0.15, 0.2) is 0 Å². The first-order chi connectivity index (χ1) is 14.1. The van der Waals surface area contributed by atoms with Gasteiger partial charge in [0.05, 0.1) is 19.4 Å². The molecular formula is C22H30N4O3. The van der Waals surface area contributed by atoms with Gasteiger partial charge >= 0.3 is 0 Å². The lowest BCUT2D eigenvalue weighted by molar-refractivity contribution is 0.239. The number of nitrogens with one attached hydrogen (secondary N) is 1. The highest BCUT2D eigenvalue weighted by Gasteiger charge is 2.24. The van der Waals surface area contributed by atoms with Crippen LogP contribution in [0.2, 0.25) is 0 Å². The molecular weight excluding hydrogens is 368 g/mol. The Bertz CT molecular complexity index is 927. The number of hydrogen-bond donors (Lipinski definition) is 2. The third-order valence-corrected chi connectivity index (χ3v) is 6.02. The van der Waals surface area contributed by atoms with Crippen molar-refractivity contribution in [3.05, 3.63) is 50.9 Å². The van der Waals surface area contributed by atoms with Crippen molar-refractivity contribution in [1.82, 2.24) is 14.9 Å². The number of piperidine rings is 1. The SMILES string of the molecule is COc1ccc(CN2CCc3c(nc(N4CCC[C@H](C)C4)[nH]c3=O)C2)cc1CO. The molecule has 2 aromatic rings. The smallest absolute Gasteiger partial charge is 0.255 e. The molecule has 4 rings (SSSR count). The molecule has 2 N–H and O–H groups in total. The minimum Gasteiger partial charge on any atom is -0.496 e. The number of anilines is 1. The van der Waals surface area contributed by atoms with Gasteiger partial charge in [-0.05, 0) is 42.9 Å².